The Labute approximate surface area is 122 Å². The van der Waals surface area contributed by atoms with E-state index in [1.165, 1.54) is 18.2 Å². The smallest absolute Gasteiger partial charge is 0.271 e. The van der Waals surface area contributed by atoms with E-state index in [0.717, 1.165) is 12.1 Å². The predicted molar refractivity (Wildman–Crippen MR) is 73.5 cm³/mol. The van der Waals surface area contributed by atoms with Crippen LogP contribution in [0.15, 0.2) is 30.3 Å². The zero-order valence-corrected chi connectivity index (χ0v) is 11.2. The van der Waals surface area contributed by atoms with Crippen LogP contribution < -0.4 is 5.32 Å². The molecule has 2 N–H and O–H groups in total. The van der Waals surface area contributed by atoms with E-state index >= 15 is 0 Å². The van der Waals surface area contributed by atoms with Crippen molar-refractivity contribution in [1.82, 2.24) is 0 Å². The molecule has 0 aliphatic heterocycles. The van der Waals surface area contributed by atoms with Gasteiger partial charge in [0.05, 0.1) is 15.6 Å². The van der Waals surface area contributed by atoms with E-state index in [1.54, 1.807) is 0 Å². The minimum absolute atomic E-state index is 0.0334. The molecule has 2 rings (SSSR count). The normalized spacial score (nSPS) is 10.4. The molecule has 0 saturated carbocycles. The fourth-order valence-electron chi connectivity index (χ4n) is 1.68. The molecule has 0 aliphatic rings. The highest BCUT2D eigenvalue weighted by molar-refractivity contribution is 6.33. The van der Waals surface area contributed by atoms with Crippen molar-refractivity contribution in [3.63, 3.8) is 0 Å². The molecule has 0 radical (unpaired) electrons. The number of phenols is 1. The van der Waals surface area contributed by atoms with Gasteiger partial charge in [-0.25, -0.2) is 8.78 Å². The first-order valence-corrected chi connectivity index (χ1v) is 6.11. The number of benzene rings is 2. The van der Waals surface area contributed by atoms with Crippen molar-refractivity contribution in [1.29, 1.82) is 0 Å². The highest BCUT2D eigenvalue weighted by Crippen LogP contribution is 2.27. The van der Waals surface area contributed by atoms with Gasteiger partial charge in [0.25, 0.3) is 5.69 Å². The van der Waals surface area contributed by atoms with Gasteiger partial charge in [0.1, 0.15) is 0 Å². The molecule has 21 heavy (non-hydrogen) atoms. The number of nitrogens with zero attached hydrogens (tertiary/aromatic N) is 1. The number of aromatic hydroxyl groups is 1. The molecular formula is C13H9ClF2N2O3. The zero-order chi connectivity index (χ0) is 15.6. The molecule has 0 amide bonds. The highest BCUT2D eigenvalue weighted by atomic mass is 35.5. The SMILES string of the molecule is O=[N+]([O-])c1ccc(NCc2cc(F)c(O)c(F)c2)c(Cl)c1. The topological polar surface area (TPSA) is 75.4 Å². The second-order valence-electron chi connectivity index (χ2n) is 4.18. The van der Waals surface area contributed by atoms with Crippen LogP contribution in [0, 0.1) is 21.7 Å². The van der Waals surface area contributed by atoms with E-state index in [-0.39, 0.29) is 22.8 Å². The number of phenolic OH excluding ortho intramolecular Hbond substituents is 1. The van der Waals surface area contributed by atoms with Crippen LogP contribution in [0.2, 0.25) is 5.02 Å². The van der Waals surface area contributed by atoms with Gasteiger partial charge in [-0.15, -0.1) is 0 Å². The number of anilines is 1. The molecule has 0 saturated heterocycles. The number of hydrogen-bond donors (Lipinski definition) is 2. The maximum atomic E-state index is 13.2. The lowest BCUT2D eigenvalue weighted by molar-refractivity contribution is -0.384. The second kappa shape index (κ2) is 5.92. The van der Waals surface area contributed by atoms with Crippen molar-refractivity contribution in [3.8, 4) is 5.75 Å². The standard InChI is InChI=1S/C13H9ClF2N2O3/c14-9-5-8(18(20)21)1-2-12(9)17-6-7-3-10(15)13(19)11(16)4-7/h1-5,17,19H,6H2. The molecule has 0 atom stereocenters. The van der Waals surface area contributed by atoms with Gasteiger partial charge in [-0.1, -0.05) is 11.6 Å². The lowest BCUT2D eigenvalue weighted by Gasteiger charge is -2.09. The summed E-state index contributed by atoms with van der Waals surface area (Å²) in [5, 5.41) is 22.5. The molecule has 0 aromatic heterocycles. The van der Waals surface area contributed by atoms with Gasteiger partial charge in [0.2, 0.25) is 0 Å². The number of non-ortho nitro benzene ring substituents is 1. The van der Waals surface area contributed by atoms with Crippen molar-refractivity contribution >= 4 is 23.0 Å². The predicted octanol–water partition coefficient (Wildman–Crippen LogP) is 3.84. The van der Waals surface area contributed by atoms with Crippen LogP contribution in [0.5, 0.6) is 5.75 Å². The fourth-order valence-corrected chi connectivity index (χ4v) is 1.92. The van der Waals surface area contributed by atoms with Crippen LogP contribution >= 0.6 is 11.6 Å². The average Bonchev–Trinajstić information content (AvgIpc) is 2.43. The first-order valence-electron chi connectivity index (χ1n) is 5.73. The van der Waals surface area contributed by atoms with Crippen LogP contribution in [0.4, 0.5) is 20.2 Å². The molecule has 2 aromatic carbocycles. The van der Waals surface area contributed by atoms with Gasteiger partial charge in [-0.3, -0.25) is 10.1 Å². The van der Waals surface area contributed by atoms with Crippen LogP contribution in [-0.4, -0.2) is 10.0 Å². The van der Waals surface area contributed by atoms with Crippen LogP contribution in [0.25, 0.3) is 0 Å². The molecule has 0 bridgehead atoms. The minimum atomic E-state index is -1.07. The van der Waals surface area contributed by atoms with Crippen LogP contribution in [0.3, 0.4) is 0 Å². The summed E-state index contributed by atoms with van der Waals surface area (Å²) in [5.41, 5.74) is 0.473. The summed E-state index contributed by atoms with van der Waals surface area (Å²) >= 11 is 5.87. The summed E-state index contributed by atoms with van der Waals surface area (Å²) in [4.78, 5) is 9.99. The van der Waals surface area contributed by atoms with E-state index in [0.29, 0.717) is 5.69 Å². The molecule has 8 heteroatoms. The van der Waals surface area contributed by atoms with E-state index < -0.39 is 22.3 Å². The molecule has 0 spiro atoms. The van der Waals surface area contributed by atoms with Gasteiger partial charge in [0.15, 0.2) is 17.4 Å². The van der Waals surface area contributed by atoms with E-state index in [1.807, 2.05) is 0 Å². The first-order chi connectivity index (χ1) is 9.88. The Morgan fingerprint density at radius 3 is 2.38 bits per heavy atom. The molecule has 2 aromatic rings. The Kier molecular flexibility index (Phi) is 4.23. The molecular weight excluding hydrogens is 306 g/mol. The monoisotopic (exact) mass is 314 g/mol. The third-order valence-electron chi connectivity index (χ3n) is 2.72. The first kappa shape index (κ1) is 15.0. The fraction of sp³-hybridized carbons (Fsp3) is 0.0769. The zero-order valence-electron chi connectivity index (χ0n) is 10.4. The highest BCUT2D eigenvalue weighted by Gasteiger charge is 2.11. The van der Waals surface area contributed by atoms with Gasteiger partial charge in [-0.05, 0) is 23.8 Å². The van der Waals surface area contributed by atoms with E-state index in [4.69, 9.17) is 16.7 Å². The van der Waals surface area contributed by atoms with Crippen molar-refractivity contribution in [2.24, 2.45) is 0 Å². The lowest BCUT2D eigenvalue weighted by atomic mass is 10.2. The summed E-state index contributed by atoms with van der Waals surface area (Å²) in [5.74, 6) is -3.17. The molecule has 0 fully saturated rings. The third kappa shape index (κ3) is 3.38. The number of nitro benzene ring substituents is 1. The van der Waals surface area contributed by atoms with Gasteiger partial charge < -0.3 is 10.4 Å². The van der Waals surface area contributed by atoms with E-state index in [2.05, 4.69) is 5.32 Å². The molecule has 110 valence electrons. The summed E-state index contributed by atoms with van der Waals surface area (Å²) < 4.78 is 26.3. The number of halogens is 3. The number of rotatable bonds is 4. The van der Waals surface area contributed by atoms with Gasteiger partial charge in [0, 0.05) is 18.7 Å². The van der Waals surface area contributed by atoms with Gasteiger partial charge >= 0.3 is 0 Å². The molecule has 5 nitrogen and oxygen atoms in total. The average molecular weight is 315 g/mol. The van der Waals surface area contributed by atoms with Crippen molar-refractivity contribution < 1.29 is 18.8 Å². The molecule has 0 unspecified atom stereocenters. The molecule has 0 aliphatic carbocycles. The Bertz CT molecular complexity index is 687. The maximum Gasteiger partial charge on any atom is 0.271 e. The van der Waals surface area contributed by atoms with Gasteiger partial charge in [-0.2, -0.15) is 0 Å². The quantitative estimate of drug-likeness (QED) is 0.664. The van der Waals surface area contributed by atoms with Crippen molar-refractivity contribution in [3.05, 3.63) is 62.7 Å². The minimum Gasteiger partial charge on any atom is -0.503 e. The Balaban J connectivity index is 2.15. The summed E-state index contributed by atoms with van der Waals surface area (Å²) in [6.07, 6.45) is 0. The number of nitrogens with one attached hydrogen (secondary N) is 1. The Morgan fingerprint density at radius 1 is 1.24 bits per heavy atom. The van der Waals surface area contributed by atoms with Crippen molar-refractivity contribution in [2.45, 2.75) is 6.54 Å². The summed E-state index contributed by atoms with van der Waals surface area (Å²) in [6.45, 7) is 0.0334. The number of nitro groups is 1. The lowest BCUT2D eigenvalue weighted by Crippen LogP contribution is -2.02. The molecule has 0 heterocycles. The van der Waals surface area contributed by atoms with Crippen LogP contribution in [0.1, 0.15) is 5.56 Å². The van der Waals surface area contributed by atoms with E-state index in [9.17, 15) is 18.9 Å². The third-order valence-corrected chi connectivity index (χ3v) is 3.04. The largest absolute Gasteiger partial charge is 0.503 e. The summed E-state index contributed by atoms with van der Waals surface area (Å²) in [7, 11) is 0. The second-order valence-corrected chi connectivity index (χ2v) is 4.59. The number of hydrogen-bond acceptors (Lipinski definition) is 4. The Hall–Kier alpha value is -2.41. The Morgan fingerprint density at radius 2 is 1.86 bits per heavy atom. The summed E-state index contributed by atoms with van der Waals surface area (Å²) in [6, 6.07) is 5.77. The maximum absolute atomic E-state index is 13.2. The van der Waals surface area contributed by atoms with Crippen LogP contribution in [-0.2, 0) is 6.54 Å². The van der Waals surface area contributed by atoms with Crippen molar-refractivity contribution in [2.75, 3.05) is 5.32 Å².